The molecule has 1 N–H and O–H groups in total. The average molecular weight is 356 g/mol. The molecule has 1 amide bonds. The molecule has 0 saturated heterocycles. The zero-order chi connectivity index (χ0) is 17.6. The molecule has 4 nitrogen and oxygen atoms in total. The Morgan fingerprint density at radius 2 is 2.04 bits per heavy atom. The van der Waals surface area contributed by atoms with Crippen molar-refractivity contribution in [2.24, 2.45) is 0 Å². The molecule has 0 saturated carbocycles. The fourth-order valence-corrected chi connectivity index (χ4v) is 2.90. The highest BCUT2D eigenvalue weighted by Gasteiger charge is 2.11. The van der Waals surface area contributed by atoms with Crippen molar-refractivity contribution in [1.82, 2.24) is 4.98 Å². The summed E-state index contributed by atoms with van der Waals surface area (Å²) in [6.45, 7) is 2.40. The smallest absolute Gasteiger partial charge is 0.275 e. The standard InChI is InChI=1S/C19H17FN2O2S/c1-2-13-4-3-5-16(10-13)24-11-18-22-17(12-25-18)19(23)21-15-8-6-14(20)7-9-15/h3-10,12H,2,11H2,1H3,(H,21,23). The van der Waals surface area contributed by atoms with E-state index < -0.39 is 0 Å². The largest absolute Gasteiger partial charge is 0.486 e. The van der Waals surface area contributed by atoms with Gasteiger partial charge in [0.2, 0.25) is 0 Å². The van der Waals surface area contributed by atoms with Crippen LogP contribution in [0.15, 0.2) is 53.9 Å². The van der Waals surface area contributed by atoms with Crippen molar-refractivity contribution in [1.29, 1.82) is 0 Å². The van der Waals surface area contributed by atoms with Gasteiger partial charge in [-0.2, -0.15) is 0 Å². The van der Waals surface area contributed by atoms with E-state index in [2.05, 4.69) is 17.2 Å². The van der Waals surface area contributed by atoms with Crippen LogP contribution in [0, 0.1) is 5.82 Å². The van der Waals surface area contributed by atoms with Gasteiger partial charge in [-0.15, -0.1) is 11.3 Å². The van der Waals surface area contributed by atoms with Crippen LogP contribution in [0.5, 0.6) is 5.75 Å². The Labute approximate surface area is 149 Å². The minimum absolute atomic E-state index is 0.307. The fourth-order valence-electron chi connectivity index (χ4n) is 2.21. The van der Waals surface area contributed by atoms with Crippen LogP contribution in [-0.4, -0.2) is 10.9 Å². The Hall–Kier alpha value is -2.73. The lowest BCUT2D eigenvalue weighted by Crippen LogP contribution is -2.12. The van der Waals surface area contributed by atoms with Gasteiger partial charge in [-0.25, -0.2) is 9.37 Å². The van der Waals surface area contributed by atoms with E-state index in [1.165, 1.54) is 41.2 Å². The predicted octanol–water partition coefficient (Wildman–Crippen LogP) is 4.68. The van der Waals surface area contributed by atoms with Gasteiger partial charge in [-0.05, 0) is 48.4 Å². The van der Waals surface area contributed by atoms with Crippen molar-refractivity contribution in [2.45, 2.75) is 20.0 Å². The predicted molar refractivity (Wildman–Crippen MR) is 96.6 cm³/mol. The molecule has 25 heavy (non-hydrogen) atoms. The molecule has 0 unspecified atom stereocenters. The summed E-state index contributed by atoms with van der Waals surface area (Å²) in [5, 5.41) is 5.08. The highest BCUT2D eigenvalue weighted by molar-refractivity contribution is 7.09. The summed E-state index contributed by atoms with van der Waals surface area (Å²) >= 11 is 1.36. The number of carbonyl (C=O) groups excluding carboxylic acids is 1. The van der Waals surface area contributed by atoms with E-state index in [1.807, 2.05) is 24.3 Å². The van der Waals surface area contributed by atoms with Crippen molar-refractivity contribution >= 4 is 22.9 Å². The first-order valence-corrected chi connectivity index (χ1v) is 8.75. The monoisotopic (exact) mass is 356 g/mol. The summed E-state index contributed by atoms with van der Waals surface area (Å²) in [6, 6.07) is 13.5. The van der Waals surface area contributed by atoms with E-state index in [4.69, 9.17) is 4.74 Å². The number of aromatic nitrogens is 1. The van der Waals surface area contributed by atoms with Gasteiger partial charge in [0.25, 0.3) is 5.91 Å². The molecular formula is C19H17FN2O2S. The van der Waals surface area contributed by atoms with Crippen molar-refractivity contribution in [3.63, 3.8) is 0 Å². The summed E-state index contributed by atoms with van der Waals surface area (Å²) in [5.74, 6) is 0.104. The number of anilines is 1. The minimum atomic E-state index is -0.349. The number of amides is 1. The molecule has 0 aliphatic carbocycles. The van der Waals surface area contributed by atoms with Crippen LogP contribution in [0.2, 0.25) is 0 Å². The van der Waals surface area contributed by atoms with Gasteiger partial charge in [-0.1, -0.05) is 19.1 Å². The SMILES string of the molecule is CCc1cccc(OCc2nc(C(=O)Nc3ccc(F)cc3)cs2)c1. The summed E-state index contributed by atoms with van der Waals surface area (Å²) in [5.41, 5.74) is 2.04. The van der Waals surface area contributed by atoms with E-state index >= 15 is 0 Å². The van der Waals surface area contributed by atoms with Crippen molar-refractivity contribution in [3.8, 4) is 5.75 Å². The maximum atomic E-state index is 12.9. The molecular weight excluding hydrogens is 339 g/mol. The minimum Gasteiger partial charge on any atom is -0.486 e. The summed E-state index contributed by atoms with van der Waals surface area (Å²) in [7, 11) is 0. The first-order valence-electron chi connectivity index (χ1n) is 7.87. The van der Waals surface area contributed by atoms with Gasteiger partial charge >= 0.3 is 0 Å². The Balaban J connectivity index is 1.59. The van der Waals surface area contributed by atoms with Crippen LogP contribution < -0.4 is 10.1 Å². The average Bonchev–Trinajstić information content (AvgIpc) is 3.11. The quantitative estimate of drug-likeness (QED) is 0.698. The molecule has 0 aliphatic heterocycles. The molecule has 1 heterocycles. The zero-order valence-electron chi connectivity index (χ0n) is 13.7. The molecule has 6 heteroatoms. The number of halogens is 1. The Bertz CT molecular complexity index is 862. The van der Waals surface area contributed by atoms with Crippen LogP contribution in [0.3, 0.4) is 0 Å². The van der Waals surface area contributed by atoms with E-state index in [9.17, 15) is 9.18 Å². The second-order valence-electron chi connectivity index (χ2n) is 5.38. The third-order valence-electron chi connectivity index (χ3n) is 3.56. The second-order valence-corrected chi connectivity index (χ2v) is 6.32. The first-order chi connectivity index (χ1) is 12.1. The molecule has 3 aromatic rings. The van der Waals surface area contributed by atoms with Gasteiger partial charge in [-0.3, -0.25) is 4.79 Å². The van der Waals surface area contributed by atoms with Crippen molar-refractivity contribution in [3.05, 3.63) is 76.0 Å². The van der Waals surface area contributed by atoms with Gasteiger partial charge in [0.15, 0.2) is 0 Å². The van der Waals surface area contributed by atoms with Crippen molar-refractivity contribution in [2.75, 3.05) is 5.32 Å². The number of carbonyl (C=O) groups is 1. The third-order valence-corrected chi connectivity index (χ3v) is 4.38. The number of aryl methyl sites for hydroxylation is 1. The topological polar surface area (TPSA) is 51.2 Å². The maximum absolute atomic E-state index is 12.9. The van der Waals surface area contributed by atoms with Crippen LogP contribution in [0.1, 0.15) is 28.0 Å². The molecule has 1 aromatic heterocycles. The van der Waals surface area contributed by atoms with Crippen molar-refractivity contribution < 1.29 is 13.9 Å². The number of ether oxygens (including phenoxy) is 1. The molecule has 128 valence electrons. The number of hydrogen-bond donors (Lipinski definition) is 1. The number of rotatable bonds is 6. The van der Waals surface area contributed by atoms with Crippen LogP contribution in [0.25, 0.3) is 0 Å². The maximum Gasteiger partial charge on any atom is 0.275 e. The van der Waals surface area contributed by atoms with Gasteiger partial charge in [0, 0.05) is 11.1 Å². The molecule has 2 aromatic carbocycles. The Kier molecular flexibility index (Phi) is 5.40. The Morgan fingerprint density at radius 1 is 1.24 bits per heavy atom. The van der Waals surface area contributed by atoms with Crippen LogP contribution in [-0.2, 0) is 13.0 Å². The number of benzene rings is 2. The molecule has 0 fully saturated rings. The van der Waals surface area contributed by atoms with Crippen LogP contribution >= 0.6 is 11.3 Å². The molecule has 3 rings (SSSR count). The first kappa shape index (κ1) is 17.1. The molecule has 0 atom stereocenters. The highest BCUT2D eigenvalue weighted by Crippen LogP contribution is 2.18. The molecule has 0 radical (unpaired) electrons. The molecule has 0 aliphatic rings. The summed E-state index contributed by atoms with van der Waals surface area (Å²) < 4.78 is 18.6. The number of thiazole rings is 1. The lowest BCUT2D eigenvalue weighted by Gasteiger charge is -2.05. The lowest BCUT2D eigenvalue weighted by molar-refractivity contribution is 0.102. The summed E-state index contributed by atoms with van der Waals surface area (Å²) in [6.07, 6.45) is 0.947. The highest BCUT2D eigenvalue weighted by atomic mass is 32.1. The van der Waals surface area contributed by atoms with Gasteiger partial charge in [0.05, 0.1) is 0 Å². The second kappa shape index (κ2) is 7.90. The Morgan fingerprint density at radius 3 is 2.80 bits per heavy atom. The number of nitrogens with zero attached hydrogens (tertiary/aromatic N) is 1. The van der Waals surface area contributed by atoms with Gasteiger partial charge in [0.1, 0.15) is 28.9 Å². The zero-order valence-corrected chi connectivity index (χ0v) is 14.5. The van der Waals surface area contributed by atoms with E-state index in [1.54, 1.807) is 5.38 Å². The van der Waals surface area contributed by atoms with E-state index in [0.29, 0.717) is 23.0 Å². The van der Waals surface area contributed by atoms with E-state index in [-0.39, 0.29) is 11.7 Å². The lowest BCUT2D eigenvalue weighted by atomic mass is 10.2. The summed E-state index contributed by atoms with van der Waals surface area (Å²) in [4.78, 5) is 16.5. The number of nitrogens with one attached hydrogen (secondary N) is 1. The normalized spacial score (nSPS) is 10.5. The van der Waals surface area contributed by atoms with Gasteiger partial charge < -0.3 is 10.1 Å². The third kappa shape index (κ3) is 4.64. The van der Waals surface area contributed by atoms with E-state index in [0.717, 1.165) is 12.2 Å². The number of hydrogen-bond acceptors (Lipinski definition) is 4. The van der Waals surface area contributed by atoms with Crippen LogP contribution in [0.4, 0.5) is 10.1 Å². The molecule has 0 spiro atoms. The fraction of sp³-hybridized carbons (Fsp3) is 0.158. The molecule has 0 bridgehead atoms.